The summed E-state index contributed by atoms with van der Waals surface area (Å²) in [5.41, 5.74) is 0. The molecule has 2 unspecified atom stereocenters. The third-order valence-corrected chi connectivity index (χ3v) is 10.5. The van der Waals surface area contributed by atoms with Gasteiger partial charge in [0.15, 0.2) is 0 Å². The van der Waals surface area contributed by atoms with Gasteiger partial charge in [-0.05, 0) is 89.1 Å². The topological polar surface area (TPSA) is 54.6 Å². The molecular formula is C43H82NO3PS. The quantitative estimate of drug-likeness (QED) is 0.0279. The van der Waals surface area contributed by atoms with Gasteiger partial charge in [-0.2, -0.15) is 12.6 Å². The van der Waals surface area contributed by atoms with Crippen LogP contribution in [-0.2, 0) is 11.1 Å². The highest BCUT2D eigenvalue weighted by Gasteiger charge is 2.14. The van der Waals surface area contributed by atoms with Crippen LogP contribution in [-0.4, -0.2) is 24.5 Å². The van der Waals surface area contributed by atoms with Crippen molar-refractivity contribution in [3.8, 4) is 0 Å². The first kappa shape index (κ1) is 48.4. The van der Waals surface area contributed by atoms with Crippen molar-refractivity contribution in [3.63, 3.8) is 0 Å². The molecule has 0 amide bonds. The number of furan rings is 1. The molecule has 1 aromatic rings. The minimum Gasteiger partial charge on any atom is -0.461 e. The van der Waals surface area contributed by atoms with E-state index in [0.29, 0.717) is 14.6 Å². The second-order valence-electron chi connectivity index (χ2n) is 13.7. The maximum atomic E-state index is 9.10. The molecule has 0 aromatic carbocycles. The molecule has 49 heavy (non-hydrogen) atoms. The number of rotatable bonds is 36. The van der Waals surface area contributed by atoms with Crippen LogP contribution in [0.2, 0.25) is 0 Å². The average Bonchev–Trinajstić information content (AvgIpc) is 3.60. The molecular weight excluding hydrogens is 642 g/mol. The Balaban J connectivity index is 0.00000105. The molecule has 1 aromatic heterocycles. The Bertz CT molecular complexity index is 815. The minimum atomic E-state index is -0.0596. The van der Waals surface area contributed by atoms with Crippen LogP contribution in [0.25, 0.3) is 0 Å². The highest BCUT2D eigenvalue weighted by Crippen LogP contribution is 2.34. The Morgan fingerprint density at radius 1 is 0.633 bits per heavy atom. The third kappa shape index (κ3) is 35.6. The predicted molar refractivity (Wildman–Crippen MR) is 223 cm³/mol. The smallest absolute Gasteiger partial charge is 0.129 e. The summed E-state index contributed by atoms with van der Waals surface area (Å²) in [6.45, 7) is 5.31. The predicted octanol–water partition coefficient (Wildman–Crippen LogP) is 14.6. The van der Waals surface area contributed by atoms with Crippen molar-refractivity contribution in [2.75, 3.05) is 19.4 Å². The zero-order valence-corrected chi connectivity index (χ0v) is 34.6. The van der Waals surface area contributed by atoms with E-state index < -0.39 is 0 Å². The highest BCUT2D eigenvalue weighted by atomic mass is 32.1. The van der Waals surface area contributed by atoms with Gasteiger partial charge in [0.25, 0.3) is 0 Å². The van der Waals surface area contributed by atoms with Gasteiger partial charge in [0.1, 0.15) is 23.9 Å². The lowest BCUT2D eigenvalue weighted by Crippen LogP contribution is -2.11. The summed E-state index contributed by atoms with van der Waals surface area (Å²) in [6.07, 6.45) is 47.5. The Morgan fingerprint density at radius 3 is 1.43 bits per heavy atom. The van der Waals surface area contributed by atoms with Crippen LogP contribution in [0, 0.1) is 0 Å². The Hall–Kier alpha value is -0.580. The van der Waals surface area contributed by atoms with Crippen LogP contribution < -0.4 is 5.32 Å². The number of aliphatic hydroxyl groups is 1. The van der Waals surface area contributed by atoms with Crippen molar-refractivity contribution in [3.05, 3.63) is 48.0 Å². The van der Waals surface area contributed by atoms with Gasteiger partial charge in [0, 0.05) is 8.81 Å². The molecule has 0 aliphatic heterocycles. The summed E-state index contributed by atoms with van der Waals surface area (Å²) >= 11 is 4.23. The number of hydrogen-bond acceptors (Lipinski definition) is 5. The Labute approximate surface area is 313 Å². The fourth-order valence-electron chi connectivity index (χ4n) is 5.82. The van der Waals surface area contributed by atoms with Crippen molar-refractivity contribution >= 4 is 21.4 Å². The van der Waals surface area contributed by atoms with Gasteiger partial charge in [0.2, 0.25) is 0 Å². The third-order valence-electron chi connectivity index (χ3n) is 9.04. The normalized spacial score (nSPS) is 12.5. The number of thiol groups is 1. The lowest BCUT2D eigenvalue weighted by molar-refractivity contribution is 0.242. The van der Waals surface area contributed by atoms with E-state index in [9.17, 15) is 0 Å². The van der Waals surface area contributed by atoms with E-state index in [4.69, 9.17) is 14.0 Å². The van der Waals surface area contributed by atoms with E-state index in [1.165, 1.54) is 173 Å². The van der Waals surface area contributed by atoms with Gasteiger partial charge in [0.05, 0.1) is 6.61 Å². The summed E-state index contributed by atoms with van der Waals surface area (Å²) in [7, 11) is 2.24. The zero-order chi connectivity index (χ0) is 35.7. The first-order chi connectivity index (χ1) is 24.2. The summed E-state index contributed by atoms with van der Waals surface area (Å²) < 4.78 is 11.4. The number of unbranched alkanes of at least 4 members (excludes halogenated alkanes) is 24. The van der Waals surface area contributed by atoms with Crippen LogP contribution in [0.15, 0.2) is 40.9 Å². The lowest BCUT2D eigenvalue weighted by Gasteiger charge is -2.13. The van der Waals surface area contributed by atoms with Crippen LogP contribution >= 0.6 is 21.4 Å². The summed E-state index contributed by atoms with van der Waals surface area (Å²) in [5, 5.41) is 12.3. The first-order valence-electron chi connectivity index (χ1n) is 20.9. The Kier molecular flexibility index (Phi) is 41.3. The molecule has 0 fully saturated rings. The maximum absolute atomic E-state index is 9.10. The maximum Gasteiger partial charge on any atom is 0.129 e. The van der Waals surface area contributed by atoms with Gasteiger partial charge in [-0.3, -0.25) is 0 Å². The molecule has 1 rings (SSSR count). The summed E-state index contributed by atoms with van der Waals surface area (Å²) in [5.74, 6) is 2.56. The second-order valence-corrected chi connectivity index (χ2v) is 15.3. The molecule has 0 saturated heterocycles. The minimum absolute atomic E-state index is 0.0596. The van der Waals surface area contributed by atoms with E-state index >= 15 is 0 Å². The lowest BCUT2D eigenvalue weighted by atomic mass is 10.1. The average molecular weight is 724 g/mol. The fraction of sp³-hybridized carbons (Fsp3) is 0.814. The summed E-state index contributed by atoms with van der Waals surface area (Å²) in [6, 6.07) is 3.72. The van der Waals surface area contributed by atoms with Crippen LogP contribution in [0.5, 0.6) is 0 Å². The van der Waals surface area contributed by atoms with E-state index in [1.54, 1.807) is 0 Å². The number of allylic oxidation sites excluding steroid dienone is 4. The van der Waals surface area contributed by atoms with Gasteiger partial charge in [-0.15, -0.1) is 0 Å². The molecule has 0 aliphatic carbocycles. The molecule has 0 bridgehead atoms. The van der Waals surface area contributed by atoms with Gasteiger partial charge in [-0.25, -0.2) is 0 Å². The van der Waals surface area contributed by atoms with Gasteiger partial charge < -0.3 is 19.4 Å². The highest BCUT2D eigenvalue weighted by molar-refractivity contribution is 7.80. The molecule has 0 aliphatic rings. The second kappa shape index (κ2) is 41.8. The molecule has 0 spiro atoms. The zero-order valence-electron chi connectivity index (χ0n) is 32.7. The number of hydrogen-bond donors (Lipinski definition) is 3. The van der Waals surface area contributed by atoms with E-state index in [-0.39, 0.29) is 12.4 Å². The van der Waals surface area contributed by atoms with Crippen molar-refractivity contribution in [1.82, 2.24) is 5.32 Å². The van der Waals surface area contributed by atoms with E-state index in [2.05, 4.69) is 56.1 Å². The van der Waals surface area contributed by atoms with Crippen molar-refractivity contribution < 1.29 is 14.0 Å². The SMILES string of the molecule is CCCCCCCC/C=C\CCCCCCCCOPC(NC)c1ccc(CO)o1.CCCCCCCC/C=C\CCCCCCCCS. The van der Waals surface area contributed by atoms with Crippen LogP contribution in [0.3, 0.4) is 0 Å². The largest absolute Gasteiger partial charge is 0.461 e. The molecule has 2 atom stereocenters. The molecule has 1 heterocycles. The monoisotopic (exact) mass is 724 g/mol. The van der Waals surface area contributed by atoms with Crippen molar-refractivity contribution in [2.24, 2.45) is 0 Å². The molecule has 0 radical (unpaired) electrons. The molecule has 0 saturated carbocycles. The molecule has 4 nitrogen and oxygen atoms in total. The first-order valence-corrected chi connectivity index (χ1v) is 22.5. The van der Waals surface area contributed by atoms with Crippen LogP contribution in [0.4, 0.5) is 0 Å². The van der Waals surface area contributed by atoms with Gasteiger partial charge >= 0.3 is 0 Å². The van der Waals surface area contributed by atoms with Gasteiger partial charge in [-0.1, -0.05) is 154 Å². The van der Waals surface area contributed by atoms with E-state index in [0.717, 1.165) is 24.5 Å². The fourth-order valence-corrected chi connectivity index (χ4v) is 6.86. The van der Waals surface area contributed by atoms with Crippen LogP contribution in [0.1, 0.15) is 211 Å². The Morgan fingerprint density at radius 2 is 1.04 bits per heavy atom. The van der Waals surface area contributed by atoms with E-state index in [1.807, 2.05) is 19.2 Å². The molecule has 288 valence electrons. The number of aliphatic hydroxyl groups excluding tert-OH is 1. The molecule has 6 heteroatoms. The number of nitrogens with one attached hydrogen (secondary N) is 1. The molecule has 2 N–H and O–H groups in total. The summed E-state index contributed by atoms with van der Waals surface area (Å²) in [4.78, 5) is 0. The van der Waals surface area contributed by atoms with Crippen molar-refractivity contribution in [2.45, 2.75) is 206 Å². The standard InChI is InChI=1S/C25H46NO3P.C18H36S/c1-3-4-5-6-7-8-9-10-11-12-13-14-15-16-17-18-21-28-30-25(26-2)24-20-19-23(22-27)29-24;1-2-3-4-5-6-7-8-9-10-11-12-13-14-15-16-17-18-19/h10-11,19-20,25-27,30H,3-9,12-18,21-22H2,1-2H3;9-10,19H,2-8,11-18H2,1H3/b11-10-;10-9-. The van der Waals surface area contributed by atoms with Crippen molar-refractivity contribution in [1.29, 1.82) is 0 Å².